The Morgan fingerprint density at radius 2 is 2.38 bits per heavy atom. The number of carboxylic acid groups (broad SMARTS) is 1. The van der Waals surface area contributed by atoms with Crippen LogP contribution >= 0.6 is 11.3 Å². The quantitative estimate of drug-likeness (QED) is 0.869. The Balaban J connectivity index is 1.91. The fourth-order valence-electron chi connectivity index (χ4n) is 2.31. The molecule has 0 saturated carbocycles. The minimum absolute atomic E-state index is 0.0210. The lowest BCUT2D eigenvalue weighted by Crippen LogP contribution is -2.40. The molecule has 0 aromatic carbocycles. The van der Waals surface area contributed by atoms with E-state index in [9.17, 15) is 9.59 Å². The zero-order valence-electron chi connectivity index (χ0n) is 11.6. The number of hydrogen-bond acceptors (Lipinski definition) is 6. The third kappa shape index (κ3) is 4.00. The van der Waals surface area contributed by atoms with Gasteiger partial charge in [0.25, 0.3) is 0 Å². The minimum Gasteiger partial charge on any atom is -0.477 e. The molecule has 2 heterocycles. The van der Waals surface area contributed by atoms with Crippen molar-refractivity contribution in [2.24, 2.45) is 5.92 Å². The maximum atomic E-state index is 11.9. The highest BCUT2D eigenvalue weighted by Crippen LogP contribution is 2.22. The van der Waals surface area contributed by atoms with Gasteiger partial charge < -0.3 is 10.4 Å². The number of carbonyl (C=O) groups is 2. The summed E-state index contributed by atoms with van der Waals surface area (Å²) in [4.78, 5) is 29.0. The number of carboxylic acids is 1. The molecule has 0 bridgehead atoms. The van der Waals surface area contributed by atoms with Crippen molar-refractivity contribution in [1.29, 1.82) is 5.26 Å². The van der Waals surface area contributed by atoms with E-state index in [4.69, 9.17) is 10.4 Å². The van der Waals surface area contributed by atoms with Crippen molar-refractivity contribution in [2.45, 2.75) is 19.8 Å². The van der Waals surface area contributed by atoms with Gasteiger partial charge in [-0.15, -0.1) is 0 Å². The molecule has 2 N–H and O–H groups in total. The summed E-state index contributed by atoms with van der Waals surface area (Å²) in [5, 5.41) is 20.8. The van der Waals surface area contributed by atoms with E-state index in [0.717, 1.165) is 30.7 Å². The van der Waals surface area contributed by atoms with Crippen LogP contribution in [0.3, 0.4) is 0 Å². The molecule has 0 unspecified atom stereocenters. The minimum atomic E-state index is -1.04. The molecule has 0 radical (unpaired) electrons. The van der Waals surface area contributed by atoms with Crippen LogP contribution in [0, 0.1) is 24.2 Å². The molecule has 1 amide bonds. The average Bonchev–Trinajstić information content (AvgIpc) is 2.79. The lowest BCUT2D eigenvalue weighted by atomic mass is 10.00. The zero-order valence-corrected chi connectivity index (χ0v) is 12.4. The molecular weight excluding hydrogens is 292 g/mol. The number of aromatic carboxylic acids is 1. The fourth-order valence-corrected chi connectivity index (χ4v) is 3.14. The number of piperidine rings is 1. The van der Waals surface area contributed by atoms with Crippen LogP contribution in [0.25, 0.3) is 0 Å². The SMILES string of the molecule is Cc1nc(NC(=O)CN2CCC[C@@H](C#N)C2)sc1C(=O)O. The molecule has 0 aliphatic carbocycles. The van der Waals surface area contributed by atoms with E-state index in [1.807, 2.05) is 4.90 Å². The van der Waals surface area contributed by atoms with Crippen molar-refractivity contribution < 1.29 is 14.7 Å². The lowest BCUT2D eigenvalue weighted by Gasteiger charge is -2.28. The van der Waals surface area contributed by atoms with Crippen LogP contribution in [-0.2, 0) is 4.79 Å². The van der Waals surface area contributed by atoms with E-state index in [0.29, 0.717) is 17.4 Å². The first kappa shape index (κ1) is 15.4. The second-order valence-electron chi connectivity index (χ2n) is 4.99. The number of aromatic nitrogens is 1. The van der Waals surface area contributed by atoms with Crippen LogP contribution in [-0.4, -0.2) is 46.5 Å². The number of aryl methyl sites for hydroxylation is 1. The summed E-state index contributed by atoms with van der Waals surface area (Å²) in [6.07, 6.45) is 1.79. The van der Waals surface area contributed by atoms with Crippen molar-refractivity contribution in [2.75, 3.05) is 25.0 Å². The number of amides is 1. The monoisotopic (exact) mass is 308 g/mol. The number of nitriles is 1. The summed E-state index contributed by atoms with van der Waals surface area (Å²) in [7, 11) is 0. The van der Waals surface area contributed by atoms with Crippen molar-refractivity contribution in [1.82, 2.24) is 9.88 Å². The number of rotatable bonds is 4. The number of hydrogen-bond donors (Lipinski definition) is 2. The zero-order chi connectivity index (χ0) is 15.4. The molecule has 1 aromatic rings. The van der Waals surface area contributed by atoms with E-state index < -0.39 is 5.97 Å². The standard InChI is InChI=1S/C13H16N4O3S/c1-8-11(12(19)20)21-13(15-8)16-10(18)7-17-4-2-3-9(5-14)6-17/h9H,2-4,6-7H2,1H3,(H,19,20)(H,15,16,18)/t9-/m0/s1. The van der Waals surface area contributed by atoms with Crippen LogP contribution < -0.4 is 5.32 Å². The topological polar surface area (TPSA) is 106 Å². The first-order valence-electron chi connectivity index (χ1n) is 6.62. The number of anilines is 1. The molecule has 1 saturated heterocycles. The molecule has 1 fully saturated rings. The van der Waals surface area contributed by atoms with Gasteiger partial charge >= 0.3 is 5.97 Å². The maximum Gasteiger partial charge on any atom is 0.347 e. The summed E-state index contributed by atoms with van der Waals surface area (Å²) in [5.41, 5.74) is 0.394. The molecule has 1 aliphatic heterocycles. The van der Waals surface area contributed by atoms with Crippen molar-refractivity contribution in [3.05, 3.63) is 10.6 Å². The third-order valence-corrected chi connectivity index (χ3v) is 4.35. The Labute approximate surface area is 126 Å². The fraction of sp³-hybridized carbons (Fsp3) is 0.538. The van der Waals surface area contributed by atoms with Gasteiger partial charge in [-0.2, -0.15) is 5.26 Å². The van der Waals surface area contributed by atoms with E-state index in [2.05, 4.69) is 16.4 Å². The van der Waals surface area contributed by atoms with E-state index in [1.54, 1.807) is 6.92 Å². The Kier molecular flexibility index (Phi) is 4.88. The molecule has 1 atom stereocenters. The predicted octanol–water partition coefficient (Wildman–Crippen LogP) is 1.32. The van der Waals surface area contributed by atoms with Gasteiger partial charge in [0.15, 0.2) is 5.13 Å². The van der Waals surface area contributed by atoms with Gasteiger partial charge in [-0.25, -0.2) is 9.78 Å². The van der Waals surface area contributed by atoms with Crippen LogP contribution in [0.4, 0.5) is 5.13 Å². The smallest absolute Gasteiger partial charge is 0.347 e. The van der Waals surface area contributed by atoms with Gasteiger partial charge in [0, 0.05) is 6.54 Å². The molecule has 2 rings (SSSR count). The number of nitrogens with one attached hydrogen (secondary N) is 1. The van der Waals surface area contributed by atoms with Crippen LogP contribution in [0.5, 0.6) is 0 Å². The molecular formula is C13H16N4O3S. The number of likely N-dealkylation sites (tertiary alicyclic amines) is 1. The second kappa shape index (κ2) is 6.65. The first-order chi connectivity index (χ1) is 9.99. The normalized spacial score (nSPS) is 19.0. The predicted molar refractivity (Wildman–Crippen MR) is 77.2 cm³/mol. The second-order valence-corrected chi connectivity index (χ2v) is 5.99. The molecule has 1 aliphatic rings. The number of nitrogens with zero attached hydrogens (tertiary/aromatic N) is 3. The summed E-state index contributed by atoms with van der Waals surface area (Å²) < 4.78 is 0. The van der Waals surface area contributed by atoms with Gasteiger partial charge in [0.1, 0.15) is 4.88 Å². The van der Waals surface area contributed by atoms with Crippen LogP contribution in [0.1, 0.15) is 28.2 Å². The average molecular weight is 308 g/mol. The highest BCUT2D eigenvalue weighted by atomic mass is 32.1. The summed E-state index contributed by atoms with van der Waals surface area (Å²) in [6, 6.07) is 2.23. The van der Waals surface area contributed by atoms with Gasteiger partial charge in [-0.1, -0.05) is 11.3 Å². The molecule has 112 valence electrons. The molecule has 8 heteroatoms. The van der Waals surface area contributed by atoms with Crippen molar-refractivity contribution >= 4 is 28.3 Å². The lowest BCUT2D eigenvalue weighted by molar-refractivity contribution is -0.117. The van der Waals surface area contributed by atoms with E-state index in [1.165, 1.54) is 0 Å². The highest BCUT2D eigenvalue weighted by Gasteiger charge is 2.22. The van der Waals surface area contributed by atoms with Crippen LogP contribution in [0.15, 0.2) is 0 Å². The Bertz CT molecular complexity index is 593. The van der Waals surface area contributed by atoms with Crippen LogP contribution in [0.2, 0.25) is 0 Å². The highest BCUT2D eigenvalue weighted by molar-refractivity contribution is 7.17. The van der Waals surface area contributed by atoms with Crippen molar-refractivity contribution in [3.8, 4) is 6.07 Å². The van der Waals surface area contributed by atoms with Gasteiger partial charge in [-0.3, -0.25) is 9.69 Å². The Morgan fingerprint density at radius 3 is 3.00 bits per heavy atom. The molecule has 0 spiro atoms. The maximum absolute atomic E-state index is 11.9. The van der Waals surface area contributed by atoms with Gasteiger partial charge in [0.2, 0.25) is 5.91 Å². The molecule has 7 nitrogen and oxygen atoms in total. The largest absolute Gasteiger partial charge is 0.477 e. The van der Waals surface area contributed by atoms with Crippen molar-refractivity contribution in [3.63, 3.8) is 0 Å². The Morgan fingerprint density at radius 1 is 1.62 bits per heavy atom. The van der Waals surface area contributed by atoms with E-state index in [-0.39, 0.29) is 23.2 Å². The summed E-state index contributed by atoms with van der Waals surface area (Å²) in [6.45, 7) is 3.18. The summed E-state index contributed by atoms with van der Waals surface area (Å²) >= 11 is 0.950. The van der Waals surface area contributed by atoms with E-state index >= 15 is 0 Å². The first-order valence-corrected chi connectivity index (χ1v) is 7.43. The Hall–Kier alpha value is -1.98. The van der Waals surface area contributed by atoms with Gasteiger partial charge in [0.05, 0.1) is 24.2 Å². The third-order valence-electron chi connectivity index (χ3n) is 3.29. The molecule has 21 heavy (non-hydrogen) atoms. The summed E-state index contributed by atoms with van der Waals surface area (Å²) in [5.74, 6) is -1.30. The number of carbonyl (C=O) groups excluding carboxylic acids is 1. The molecule has 1 aromatic heterocycles. The number of thiazole rings is 1. The van der Waals surface area contributed by atoms with Gasteiger partial charge in [-0.05, 0) is 26.3 Å².